The van der Waals surface area contributed by atoms with Crippen molar-refractivity contribution in [1.29, 1.82) is 0 Å². The molecular formula is C14H26ClN3O3. The van der Waals surface area contributed by atoms with Crippen molar-refractivity contribution in [3.63, 3.8) is 0 Å². The van der Waals surface area contributed by atoms with Gasteiger partial charge in [0.15, 0.2) is 0 Å². The lowest BCUT2D eigenvalue weighted by atomic mass is 9.81. The first-order chi connectivity index (χ1) is 9.55. The van der Waals surface area contributed by atoms with Gasteiger partial charge >= 0.3 is 5.97 Å². The molecule has 122 valence electrons. The van der Waals surface area contributed by atoms with Gasteiger partial charge in [0, 0.05) is 32.7 Å². The number of rotatable bonds is 3. The molecule has 21 heavy (non-hydrogen) atoms. The van der Waals surface area contributed by atoms with E-state index in [1.165, 1.54) is 7.11 Å². The highest BCUT2D eigenvalue weighted by Gasteiger charge is 2.38. The minimum Gasteiger partial charge on any atom is -0.468 e. The zero-order chi connectivity index (χ0) is 14.6. The van der Waals surface area contributed by atoms with Crippen LogP contribution in [-0.4, -0.2) is 74.6 Å². The largest absolute Gasteiger partial charge is 0.468 e. The molecule has 0 aromatic rings. The summed E-state index contributed by atoms with van der Waals surface area (Å²) in [6.45, 7) is 7.04. The van der Waals surface area contributed by atoms with E-state index in [2.05, 4.69) is 17.0 Å². The molecule has 1 N–H and O–H groups in total. The van der Waals surface area contributed by atoms with Crippen molar-refractivity contribution in [1.82, 2.24) is 15.1 Å². The normalized spacial score (nSPS) is 26.9. The maximum atomic E-state index is 12.6. The van der Waals surface area contributed by atoms with Crippen LogP contribution in [-0.2, 0) is 14.3 Å². The predicted octanol–water partition coefficient (Wildman–Crippen LogP) is 0.115. The molecule has 2 heterocycles. The molecule has 0 radical (unpaired) electrons. The SMILES string of the molecule is COC(=O)CN1CCN(C(=O)C2(C)CCCNC2)CC1.Cl. The van der Waals surface area contributed by atoms with E-state index in [9.17, 15) is 9.59 Å². The van der Waals surface area contributed by atoms with Gasteiger partial charge in [0.25, 0.3) is 0 Å². The Morgan fingerprint density at radius 3 is 2.43 bits per heavy atom. The summed E-state index contributed by atoms with van der Waals surface area (Å²) in [5, 5.41) is 3.32. The third-order valence-corrected chi connectivity index (χ3v) is 4.35. The van der Waals surface area contributed by atoms with E-state index in [-0.39, 0.29) is 29.7 Å². The maximum absolute atomic E-state index is 12.6. The maximum Gasteiger partial charge on any atom is 0.319 e. The van der Waals surface area contributed by atoms with E-state index in [0.29, 0.717) is 19.6 Å². The first kappa shape index (κ1) is 18.2. The van der Waals surface area contributed by atoms with Crippen LogP contribution < -0.4 is 5.32 Å². The van der Waals surface area contributed by atoms with Crippen molar-refractivity contribution in [3.05, 3.63) is 0 Å². The van der Waals surface area contributed by atoms with E-state index >= 15 is 0 Å². The smallest absolute Gasteiger partial charge is 0.319 e. The fraction of sp³-hybridized carbons (Fsp3) is 0.857. The van der Waals surface area contributed by atoms with E-state index < -0.39 is 0 Å². The fourth-order valence-electron chi connectivity index (χ4n) is 2.98. The minimum atomic E-state index is -0.261. The molecule has 0 spiro atoms. The highest BCUT2D eigenvalue weighted by atomic mass is 35.5. The van der Waals surface area contributed by atoms with Gasteiger partial charge in [-0.1, -0.05) is 0 Å². The van der Waals surface area contributed by atoms with Crippen LogP contribution in [0.25, 0.3) is 0 Å². The van der Waals surface area contributed by atoms with Crippen LogP contribution in [0.3, 0.4) is 0 Å². The lowest BCUT2D eigenvalue weighted by molar-refractivity contribution is -0.145. The number of carbonyl (C=O) groups is 2. The van der Waals surface area contributed by atoms with E-state index in [4.69, 9.17) is 0 Å². The van der Waals surface area contributed by atoms with E-state index in [0.717, 1.165) is 39.0 Å². The standard InChI is InChI=1S/C14H25N3O3.ClH/c1-14(4-3-5-15-11-14)13(19)17-8-6-16(7-9-17)10-12(18)20-2;/h15H,3-11H2,1-2H3;1H. The van der Waals surface area contributed by atoms with Crippen molar-refractivity contribution in [2.45, 2.75) is 19.8 Å². The molecule has 2 fully saturated rings. The summed E-state index contributed by atoms with van der Waals surface area (Å²) in [6, 6.07) is 0. The number of nitrogens with one attached hydrogen (secondary N) is 1. The van der Waals surface area contributed by atoms with Crippen LogP contribution in [0.1, 0.15) is 19.8 Å². The molecule has 2 saturated heterocycles. The molecule has 0 saturated carbocycles. The summed E-state index contributed by atoms with van der Waals surface area (Å²) in [6.07, 6.45) is 2.02. The van der Waals surface area contributed by atoms with Crippen molar-refractivity contribution in [2.75, 3.05) is 52.9 Å². The van der Waals surface area contributed by atoms with Crippen molar-refractivity contribution in [2.24, 2.45) is 5.41 Å². The molecule has 1 unspecified atom stereocenters. The lowest BCUT2D eigenvalue weighted by Crippen LogP contribution is -2.56. The number of halogens is 1. The van der Waals surface area contributed by atoms with Crippen molar-refractivity contribution in [3.8, 4) is 0 Å². The summed E-state index contributed by atoms with van der Waals surface area (Å²) in [5.74, 6) is 0.0376. The fourth-order valence-corrected chi connectivity index (χ4v) is 2.98. The summed E-state index contributed by atoms with van der Waals surface area (Å²) in [5.41, 5.74) is -0.261. The zero-order valence-electron chi connectivity index (χ0n) is 12.9. The molecule has 2 aliphatic heterocycles. The van der Waals surface area contributed by atoms with Crippen LogP contribution in [0.4, 0.5) is 0 Å². The molecule has 2 rings (SSSR count). The number of ether oxygens (including phenoxy) is 1. The summed E-state index contributed by atoms with van der Waals surface area (Å²) >= 11 is 0. The van der Waals surface area contributed by atoms with Gasteiger partial charge < -0.3 is 15.0 Å². The topological polar surface area (TPSA) is 61.9 Å². The Labute approximate surface area is 132 Å². The quantitative estimate of drug-likeness (QED) is 0.749. The molecule has 1 atom stereocenters. The monoisotopic (exact) mass is 319 g/mol. The second kappa shape index (κ2) is 7.96. The molecule has 0 aromatic heterocycles. The minimum absolute atomic E-state index is 0. The Morgan fingerprint density at radius 1 is 1.24 bits per heavy atom. The number of methoxy groups -OCH3 is 1. The molecule has 1 amide bonds. The lowest BCUT2D eigenvalue weighted by Gasteiger charge is -2.41. The molecule has 2 aliphatic rings. The van der Waals surface area contributed by atoms with E-state index in [1.54, 1.807) is 0 Å². The predicted molar refractivity (Wildman–Crippen MR) is 82.5 cm³/mol. The average molecular weight is 320 g/mol. The molecule has 0 bridgehead atoms. The number of nitrogens with zero attached hydrogens (tertiary/aromatic N) is 2. The second-order valence-electron chi connectivity index (χ2n) is 5.99. The third-order valence-electron chi connectivity index (χ3n) is 4.35. The number of carbonyl (C=O) groups excluding carboxylic acids is 2. The summed E-state index contributed by atoms with van der Waals surface area (Å²) in [4.78, 5) is 27.9. The van der Waals surface area contributed by atoms with Gasteiger partial charge in [-0.25, -0.2) is 0 Å². The number of esters is 1. The molecule has 0 aliphatic carbocycles. The zero-order valence-corrected chi connectivity index (χ0v) is 13.7. The highest BCUT2D eigenvalue weighted by molar-refractivity contribution is 5.85. The summed E-state index contributed by atoms with van der Waals surface area (Å²) in [7, 11) is 1.40. The molecule has 7 heteroatoms. The first-order valence-corrected chi connectivity index (χ1v) is 7.34. The highest BCUT2D eigenvalue weighted by Crippen LogP contribution is 2.28. The number of piperidine rings is 1. The van der Waals surface area contributed by atoms with Gasteiger partial charge in [-0.15, -0.1) is 12.4 Å². The van der Waals surface area contributed by atoms with Crippen molar-refractivity contribution >= 4 is 24.3 Å². The van der Waals surface area contributed by atoms with Gasteiger partial charge in [-0.2, -0.15) is 0 Å². The van der Waals surface area contributed by atoms with Crippen molar-refractivity contribution < 1.29 is 14.3 Å². The van der Waals surface area contributed by atoms with Gasteiger partial charge in [-0.3, -0.25) is 14.5 Å². The Hall–Kier alpha value is -0.850. The van der Waals surface area contributed by atoms with Gasteiger partial charge in [0.05, 0.1) is 19.1 Å². The van der Waals surface area contributed by atoms with Gasteiger partial charge in [0.1, 0.15) is 0 Å². The van der Waals surface area contributed by atoms with Gasteiger partial charge in [-0.05, 0) is 26.3 Å². The van der Waals surface area contributed by atoms with Crippen LogP contribution in [0, 0.1) is 5.41 Å². The Morgan fingerprint density at radius 2 is 1.90 bits per heavy atom. The van der Waals surface area contributed by atoms with E-state index in [1.807, 2.05) is 9.80 Å². The van der Waals surface area contributed by atoms with Crippen LogP contribution >= 0.6 is 12.4 Å². The van der Waals surface area contributed by atoms with Crippen LogP contribution in [0.15, 0.2) is 0 Å². The summed E-state index contributed by atoms with van der Waals surface area (Å²) < 4.78 is 4.67. The van der Waals surface area contributed by atoms with Gasteiger partial charge in [0.2, 0.25) is 5.91 Å². The van der Waals surface area contributed by atoms with Crippen LogP contribution in [0.5, 0.6) is 0 Å². The molecule has 6 nitrogen and oxygen atoms in total. The average Bonchev–Trinajstić information content (AvgIpc) is 2.48. The number of hydrogen-bond acceptors (Lipinski definition) is 5. The Bertz CT molecular complexity index is 364. The van der Waals surface area contributed by atoms with Crippen LogP contribution in [0.2, 0.25) is 0 Å². The molecular weight excluding hydrogens is 294 g/mol. The number of amides is 1. The Balaban J connectivity index is 0.00000220. The molecule has 0 aromatic carbocycles. The number of hydrogen-bond donors (Lipinski definition) is 1. The third kappa shape index (κ3) is 4.56. The number of piperazine rings is 1. The Kier molecular flexibility index (Phi) is 6.90. The first-order valence-electron chi connectivity index (χ1n) is 7.34. The second-order valence-corrected chi connectivity index (χ2v) is 5.99.